The molecular weight excluding hydrogens is 278 g/mol. The molecule has 0 aromatic carbocycles. The fraction of sp³-hybridized carbons (Fsp3) is 0.929. The molecule has 0 aliphatic heterocycles. The van der Waals surface area contributed by atoms with E-state index in [0.717, 1.165) is 18.5 Å². The summed E-state index contributed by atoms with van der Waals surface area (Å²) in [5.41, 5.74) is 0.415. The number of rotatable bonds is 5. The Morgan fingerprint density at radius 3 is 2.55 bits per heavy atom. The van der Waals surface area contributed by atoms with Crippen LogP contribution in [0.2, 0.25) is 0 Å². The van der Waals surface area contributed by atoms with Crippen molar-refractivity contribution in [2.24, 2.45) is 23.2 Å². The first-order chi connectivity index (χ1) is 9.20. The van der Waals surface area contributed by atoms with Crippen molar-refractivity contribution in [3.05, 3.63) is 0 Å². The minimum atomic E-state index is -0.806. The van der Waals surface area contributed by atoms with E-state index in [1.807, 2.05) is 0 Å². The van der Waals surface area contributed by atoms with E-state index in [9.17, 15) is 4.79 Å². The SMILES string of the molecule is CC1C(NC(=O)C(C)(C)SOOO)CC2CC1C2(C)C. The highest BCUT2D eigenvalue weighted by Gasteiger charge is 2.56. The Morgan fingerprint density at radius 1 is 1.40 bits per heavy atom. The molecule has 0 heterocycles. The zero-order valence-electron chi connectivity index (χ0n) is 12.8. The highest BCUT2D eigenvalue weighted by Crippen LogP contribution is 2.61. The second kappa shape index (κ2) is 5.48. The fourth-order valence-corrected chi connectivity index (χ4v) is 4.16. The molecule has 1 amide bonds. The van der Waals surface area contributed by atoms with Crippen molar-refractivity contribution in [2.75, 3.05) is 0 Å². The van der Waals surface area contributed by atoms with Crippen molar-refractivity contribution in [3.8, 4) is 0 Å². The number of nitrogens with one attached hydrogen (secondary N) is 1. The van der Waals surface area contributed by atoms with Gasteiger partial charge in [-0.05, 0) is 49.9 Å². The Kier molecular flexibility index (Phi) is 4.40. The van der Waals surface area contributed by atoms with E-state index in [1.165, 1.54) is 6.42 Å². The van der Waals surface area contributed by atoms with Gasteiger partial charge in [0.25, 0.3) is 0 Å². The van der Waals surface area contributed by atoms with Crippen LogP contribution in [0.1, 0.15) is 47.5 Å². The van der Waals surface area contributed by atoms with Crippen LogP contribution in [0, 0.1) is 23.2 Å². The van der Waals surface area contributed by atoms with Crippen molar-refractivity contribution in [2.45, 2.75) is 58.2 Å². The van der Waals surface area contributed by atoms with Crippen molar-refractivity contribution in [3.63, 3.8) is 0 Å². The van der Waals surface area contributed by atoms with E-state index in [2.05, 4.69) is 35.5 Å². The zero-order valence-corrected chi connectivity index (χ0v) is 13.6. The van der Waals surface area contributed by atoms with Crippen LogP contribution in [0.25, 0.3) is 0 Å². The van der Waals surface area contributed by atoms with Crippen LogP contribution in [0.3, 0.4) is 0 Å². The molecule has 3 aliphatic carbocycles. The average Bonchev–Trinajstić information content (AvgIpc) is 2.37. The van der Waals surface area contributed by atoms with Gasteiger partial charge in [0, 0.05) is 6.04 Å². The Labute approximate surface area is 124 Å². The van der Waals surface area contributed by atoms with Gasteiger partial charge >= 0.3 is 0 Å². The first-order valence-corrected chi connectivity index (χ1v) is 7.91. The summed E-state index contributed by atoms with van der Waals surface area (Å²) in [6.45, 7) is 10.4. The van der Waals surface area contributed by atoms with Gasteiger partial charge in [0.15, 0.2) is 0 Å². The standard InChI is InChI=1S/C14H25NO4S/c1-8-10-6-9(13(10,2)3)7-11(8)15-12(16)14(4,5)20-19-18-17/h8-11,17H,6-7H2,1-5H3,(H,15,16). The lowest BCUT2D eigenvalue weighted by Gasteiger charge is -2.62. The zero-order chi connectivity index (χ0) is 15.1. The largest absolute Gasteiger partial charge is 0.352 e. The maximum absolute atomic E-state index is 12.3. The molecule has 0 saturated heterocycles. The predicted molar refractivity (Wildman–Crippen MR) is 77.6 cm³/mol. The first-order valence-electron chi connectivity index (χ1n) is 7.17. The maximum atomic E-state index is 12.3. The molecule has 0 aromatic rings. The van der Waals surface area contributed by atoms with Gasteiger partial charge in [-0.3, -0.25) is 4.79 Å². The van der Waals surface area contributed by atoms with Crippen molar-refractivity contribution >= 4 is 17.9 Å². The van der Waals surface area contributed by atoms with Crippen LogP contribution in [0.4, 0.5) is 0 Å². The summed E-state index contributed by atoms with van der Waals surface area (Å²) in [5.74, 6) is 1.81. The fourth-order valence-electron chi connectivity index (χ4n) is 3.82. The second-order valence-electron chi connectivity index (χ2n) is 7.27. The van der Waals surface area contributed by atoms with Gasteiger partial charge in [-0.25, -0.2) is 5.26 Å². The third-order valence-corrected chi connectivity index (χ3v) is 6.22. The normalized spacial score (nSPS) is 35.3. The number of amides is 1. The number of hydrogen-bond acceptors (Lipinski definition) is 5. The Balaban J connectivity index is 1.93. The van der Waals surface area contributed by atoms with Crippen molar-refractivity contribution < 1.29 is 19.4 Å². The van der Waals surface area contributed by atoms with Gasteiger partial charge in [-0.2, -0.15) is 0 Å². The van der Waals surface area contributed by atoms with Gasteiger partial charge in [-0.1, -0.05) is 25.8 Å². The Morgan fingerprint density at radius 2 is 2.05 bits per heavy atom. The van der Waals surface area contributed by atoms with Crippen molar-refractivity contribution in [1.29, 1.82) is 0 Å². The number of carbonyl (C=O) groups is 1. The van der Waals surface area contributed by atoms with E-state index in [4.69, 9.17) is 5.26 Å². The molecule has 0 radical (unpaired) electrons. The lowest BCUT2D eigenvalue weighted by Crippen LogP contribution is -2.61. The molecule has 0 spiro atoms. The highest BCUT2D eigenvalue weighted by molar-refractivity contribution is 7.96. The number of hydrogen-bond donors (Lipinski definition) is 2. The van der Waals surface area contributed by atoms with Crippen LogP contribution in [0.15, 0.2) is 0 Å². The summed E-state index contributed by atoms with van der Waals surface area (Å²) in [6.07, 6.45) is 2.34. The Bertz CT molecular complexity index is 385. The highest BCUT2D eigenvalue weighted by atomic mass is 32.2. The molecular formula is C14H25NO4S. The molecule has 0 aromatic heterocycles. The van der Waals surface area contributed by atoms with Crippen LogP contribution in [-0.4, -0.2) is 22.0 Å². The van der Waals surface area contributed by atoms with Crippen LogP contribution in [0.5, 0.6) is 0 Å². The Hall–Kier alpha value is -0.300. The number of fused-ring (bicyclic) bond motifs is 2. The topological polar surface area (TPSA) is 67.8 Å². The summed E-state index contributed by atoms with van der Waals surface area (Å²) in [4.78, 5) is 12.3. The van der Waals surface area contributed by atoms with Crippen LogP contribution >= 0.6 is 12.0 Å². The quantitative estimate of drug-likeness (QED) is 0.464. The first kappa shape index (κ1) is 16.1. The third kappa shape index (κ3) is 2.71. The minimum absolute atomic E-state index is 0.0875. The van der Waals surface area contributed by atoms with Gasteiger partial charge in [-0.15, -0.1) is 4.33 Å². The van der Waals surface area contributed by atoms with E-state index in [0.29, 0.717) is 23.2 Å². The summed E-state index contributed by atoms with van der Waals surface area (Å²) in [6, 6.07) is 0.231. The van der Waals surface area contributed by atoms with E-state index < -0.39 is 4.75 Å². The summed E-state index contributed by atoms with van der Waals surface area (Å²) in [7, 11) is 0. The van der Waals surface area contributed by atoms with E-state index in [1.54, 1.807) is 13.8 Å². The van der Waals surface area contributed by atoms with Gasteiger partial charge in [0.1, 0.15) is 4.75 Å². The summed E-state index contributed by atoms with van der Waals surface area (Å²) >= 11 is 0.804. The lowest BCUT2D eigenvalue weighted by atomic mass is 9.45. The van der Waals surface area contributed by atoms with E-state index >= 15 is 0 Å². The second-order valence-corrected chi connectivity index (χ2v) is 8.59. The molecule has 20 heavy (non-hydrogen) atoms. The van der Waals surface area contributed by atoms with Gasteiger partial charge < -0.3 is 5.32 Å². The molecule has 4 atom stereocenters. The molecule has 2 bridgehead atoms. The van der Waals surface area contributed by atoms with Crippen LogP contribution < -0.4 is 5.32 Å². The van der Waals surface area contributed by atoms with Gasteiger partial charge in [0.2, 0.25) is 5.91 Å². The molecule has 2 N–H and O–H groups in total. The van der Waals surface area contributed by atoms with E-state index in [-0.39, 0.29) is 11.9 Å². The van der Waals surface area contributed by atoms with Gasteiger partial charge in [0.05, 0.1) is 12.0 Å². The molecule has 6 heteroatoms. The summed E-state index contributed by atoms with van der Waals surface area (Å²) in [5, 5.41) is 14.9. The van der Waals surface area contributed by atoms with Crippen molar-refractivity contribution in [1.82, 2.24) is 5.32 Å². The number of carbonyl (C=O) groups excluding carboxylic acids is 1. The smallest absolute Gasteiger partial charge is 0.238 e. The third-order valence-electron chi connectivity index (χ3n) is 5.49. The predicted octanol–water partition coefficient (Wildman–Crippen LogP) is 3.02. The molecule has 116 valence electrons. The summed E-state index contributed by atoms with van der Waals surface area (Å²) < 4.78 is 3.60. The molecule has 3 fully saturated rings. The van der Waals surface area contributed by atoms with Crippen LogP contribution in [-0.2, 0) is 14.2 Å². The average molecular weight is 303 g/mol. The molecule has 3 saturated carbocycles. The minimum Gasteiger partial charge on any atom is -0.352 e. The lowest BCUT2D eigenvalue weighted by molar-refractivity contribution is -0.432. The molecule has 5 nitrogen and oxygen atoms in total. The molecule has 4 unspecified atom stereocenters. The molecule has 3 aliphatic rings. The molecule has 3 rings (SSSR count). The maximum Gasteiger partial charge on any atom is 0.238 e. The monoisotopic (exact) mass is 303 g/mol.